The van der Waals surface area contributed by atoms with Gasteiger partial charge in [-0.15, -0.1) is 0 Å². The highest BCUT2D eigenvalue weighted by atomic mass is 35.5. The van der Waals surface area contributed by atoms with Crippen LogP contribution in [0.2, 0.25) is 5.02 Å². The smallest absolute Gasteiger partial charge is 0.303 e. The molecule has 4 rings (SSSR count). The average molecular weight is 531 g/mol. The van der Waals surface area contributed by atoms with Crippen molar-refractivity contribution in [2.45, 2.75) is 45.1 Å². The second-order valence-corrected chi connectivity index (χ2v) is 9.78. The second kappa shape index (κ2) is 13.4. The zero-order chi connectivity index (χ0) is 26.9. The lowest BCUT2D eigenvalue weighted by molar-refractivity contribution is -0.143. The summed E-state index contributed by atoms with van der Waals surface area (Å²) in [5, 5.41) is 23.7. The van der Waals surface area contributed by atoms with Crippen molar-refractivity contribution in [1.82, 2.24) is 10.2 Å². The molecule has 200 valence electrons. The van der Waals surface area contributed by atoms with E-state index in [0.29, 0.717) is 17.0 Å². The molecule has 1 atom stereocenters. The fraction of sp³-hybridized carbons (Fsp3) is 0.444. The Kier molecular flexibility index (Phi) is 10.3. The van der Waals surface area contributed by atoms with Crippen LogP contribution < -0.4 is 10.6 Å². The summed E-state index contributed by atoms with van der Waals surface area (Å²) in [5.41, 5.74) is 5.40. The molecule has 0 aromatic heterocycles. The molecule has 10 heteroatoms. The standard InChI is InChI=1S/C23H29ClN4O.C4H6O4/c1-15(2)16-4-6-20-19(12-16)23(27-22-13-17(24)5-7-21(22)26-20)28-10-9-25-18(14-28)8-11-29-3;5-3(6)1-2-4(7)8/h4-7,12-13,15,18,25-26H,8-11,14H2,1-3H3;1-2H2,(H,5,6)(H,7,8)/t18-;/m0./s1. The minimum absolute atomic E-state index is 0.296. The van der Waals surface area contributed by atoms with Crippen molar-refractivity contribution >= 4 is 46.4 Å². The van der Waals surface area contributed by atoms with E-state index in [1.165, 1.54) is 5.56 Å². The number of carboxylic acids is 2. The van der Waals surface area contributed by atoms with Crippen molar-refractivity contribution in [2.24, 2.45) is 4.99 Å². The minimum atomic E-state index is -1.08. The number of ether oxygens (including phenoxy) is 1. The minimum Gasteiger partial charge on any atom is -0.481 e. The lowest BCUT2D eigenvalue weighted by Gasteiger charge is -2.36. The molecule has 2 aliphatic rings. The highest BCUT2D eigenvalue weighted by Crippen LogP contribution is 2.37. The van der Waals surface area contributed by atoms with Gasteiger partial charge in [0, 0.05) is 55.7 Å². The number of carbonyl (C=O) groups is 2. The van der Waals surface area contributed by atoms with Crippen LogP contribution >= 0.6 is 11.6 Å². The molecule has 0 saturated carbocycles. The fourth-order valence-electron chi connectivity index (χ4n) is 4.16. The molecule has 0 aliphatic carbocycles. The predicted molar refractivity (Wildman–Crippen MR) is 146 cm³/mol. The maximum Gasteiger partial charge on any atom is 0.303 e. The summed E-state index contributed by atoms with van der Waals surface area (Å²) in [6.07, 6.45) is 0.393. The van der Waals surface area contributed by atoms with E-state index in [-0.39, 0.29) is 12.8 Å². The van der Waals surface area contributed by atoms with Crippen LogP contribution in [0, 0.1) is 0 Å². The van der Waals surface area contributed by atoms with Crippen LogP contribution in [-0.4, -0.2) is 72.3 Å². The first-order chi connectivity index (χ1) is 17.7. The summed E-state index contributed by atoms with van der Waals surface area (Å²) < 4.78 is 5.29. The number of amidine groups is 1. The Labute approximate surface area is 222 Å². The molecule has 0 radical (unpaired) electrons. The topological polar surface area (TPSA) is 123 Å². The molecule has 2 aromatic rings. The van der Waals surface area contributed by atoms with Gasteiger partial charge in [0.25, 0.3) is 0 Å². The molecule has 1 fully saturated rings. The highest BCUT2D eigenvalue weighted by Gasteiger charge is 2.27. The number of anilines is 2. The molecule has 2 aliphatic heterocycles. The summed E-state index contributed by atoms with van der Waals surface area (Å²) in [7, 11) is 1.76. The van der Waals surface area contributed by atoms with E-state index < -0.39 is 11.9 Å². The van der Waals surface area contributed by atoms with Crippen LogP contribution in [0.5, 0.6) is 0 Å². The molecule has 9 nitrogen and oxygen atoms in total. The molecule has 2 heterocycles. The summed E-state index contributed by atoms with van der Waals surface area (Å²) in [4.78, 5) is 26.8. The van der Waals surface area contributed by atoms with Crippen LogP contribution in [0.3, 0.4) is 0 Å². The van der Waals surface area contributed by atoms with Crippen molar-refractivity contribution in [2.75, 3.05) is 38.7 Å². The monoisotopic (exact) mass is 530 g/mol. The van der Waals surface area contributed by atoms with Crippen LogP contribution in [0.1, 0.15) is 50.2 Å². The first kappa shape index (κ1) is 28.4. The van der Waals surface area contributed by atoms with Gasteiger partial charge in [-0.3, -0.25) is 9.59 Å². The van der Waals surface area contributed by atoms with Gasteiger partial charge in [0.1, 0.15) is 5.84 Å². The van der Waals surface area contributed by atoms with E-state index in [1.54, 1.807) is 7.11 Å². The number of nitrogens with one attached hydrogen (secondary N) is 2. The van der Waals surface area contributed by atoms with E-state index in [0.717, 1.165) is 61.1 Å². The van der Waals surface area contributed by atoms with E-state index in [9.17, 15) is 9.59 Å². The zero-order valence-corrected chi connectivity index (χ0v) is 22.2. The van der Waals surface area contributed by atoms with E-state index in [2.05, 4.69) is 47.6 Å². The number of aliphatic carboxylic acids is 2. The first-order valence-electron chi connectivity index (χ1n) is 12.4. The number of methoxy groups -OCH3 is 1. The third-order valence-corrected chi connectivity index (χ3v) is 6.42. The largest absolute Gasteiger partial charge is 0.481 e. The molecule has 0 bridgehead atoms. The Morgan fingerprint density at radius 3 is 2.49 bits per heavy atom. The third-order valence-electron chi connectivity index (χ3n) is 6.18. The number of benzene rings is 2. The number of hydrogen-bond acceptors (Lipinski definition) is 7. The number of hydrogen-bond donors (Lipinski definition) is 4. The summed E-state index contributed by atoms with van der Waals surface area (Å²) in [6, 6.07) is 12.9. The van der Waals surface area contributed by atoms with Gasteiger partial charge in [-0.25, -0.2) is 4.99 Å². The van der Waals surface area contributed by atoms with Crippen molar-refractivity contribution in [3.8, 4) is 0 Å². The summed E-state index contributed by atoms with van der Waals surface area (Å²) >= 11 is 6.29. The summed E-state index contributed by atoms with van der Waals surface area (Å²) in [6.45, 7) is 7.97. The van der Waals surface area contributed by atoms with Crippen molar-refractivity contribution in [3.63, 3.8) is 0 Å². The number of fused-ring (bicyclic) bond motifs is 2. The quantitative estimate of drug-likeness (QED) is 0.401. The molecule has 1 saturated heterocycles. The lowest BCUT2D eigenvalue weighted by Crippen LogP contribution is -2.53. The van der Waals surface area contributed by atoms with E-state index >= 15 is 0 Å². The van der Waals surface area contributed by atoms with Gasteiger partial charge in [0.2, 0.25) is 0 Å². The summed E-state index contributed by atoms with van der Waals surface area (Å²) in [5.74, 6) is -0.682. The van der Waals surface area contributed by atoms with E-state index in [4.69, 9.17) is 31.5 Å². The van der Waals surface area contributed by atoms with Gasteiger partial charge in [0.15, 0.2) is 0 Å². The number of rotatable bonds is 7. The van der Waals surface area contributed by atoms with Gasteiger partial charge >= 0.3 is 11.9 Å². The van der Waals surface area contributed by atoms with Crippen LogP contribution in [0.4, 0.5) is 17.1 Å². The van der Waals surface area contributed by atoms with Gasteiger partial charge in [0.05, 0.1) is 24.2 Å². The number of carboxylic acid groups (broad SMARTS) is 2. The van der Waals surface area contributed by atoms with Crippen LogP contribution in [-0.2, 0) is 14.3 Å². The SMILES string of the molecule is COCC[C@H]1CN(C2=Nc3cc(Cl)ccc3Nc3ccc(C(C)C)cc32)CCN1.O=C(O)CCC(=O)O. The first-order valence-corrected chi connectivity index (χ1v) is 12.8. The maximum absolute atomic E-state index is 9.64. The zero-order valence-electron chi connectivity index (χ0n) is 21.5. The fourth-order valence-corrected chi connectivity index (χ4v) is 4.33. The van der Waals surface area contributed by atoms with Crippen LogP contribution in [0.15, 0.2) is 41.4 Å². The van der Waals surface area contributed by atoms with Crippen molar-refractivity contribution in [1.29, 1.82) is 0 Å². The highest BCUT2D eigenvalue weighted by molar-refractivity contribution is 6.31. The van der Waals surface area contributed by atoms with Gasteiger partial charge < -0.3 is 30.5 Å². The molecule has 4 N–H and O–H groups in total. The number of nitrogens with zero attached hydrogens (tertiary/aromatic N) is 2. The normalized spacial score (nSPS) is 16.4. The maximum atomic E-state index is 9.64. The Morgan fingerprint density at radius 2 is 1.84 bits per heavy atom. The molecule has 37 heavy (non-hydrogen) atoms. The average Bonchev–Trinajstić information content (AvgIpc) is 3.02. The van der Waals surface area contributed by atoms with Crippen molar-refractivity contribution < 1.29 is 24.5 Å². The molecule has 0 spiro atoms. The van der Waals surface area contributed by atoms with Gasteiger partial charge in [-0.1, -0.05) is 31.5 Å². The predicted octanol–water partition coefficient (Wildman–Crippen LogP) is 4.84. The number of piperazine rings is 1. The Bertz CT molecular complexity index is 1120. The third kappa shape index (κ3) is 8.18. The molecule has 0 amide bonds. The number of aliphatic imine (C=N–C) groups is 1. The van der Waals surface area contributed by atoms with Crippen LogP contribution in [0.25, 0.3) is 0 Å². The molecular weight excluding hydrogens is 496 g/mol. The molecule has 0 unspecified atom stereocenters. The van der Waals surface area contributed by atoms with Gasteiger partial charge in [-0.2, -0.15) is 0 Å². The van der Waals surface area contributed by atoms with Gasteiger partial charge in [-0.05, 0) is 48.2 Å². The van der Waals surface area contributed by atoms with E-state index in [1.807, 2.05) is 18.2 Å². The Hall–Kier alpha value is -3.14. The second-order valence-electron chi connectivity index (χ2n) is 9.35. The van der Waals surface area contributed by atoms with Crippen molar-refractivity contribution in [3.05, 3.63) is 52.5 Å². The number of halogens is 1. The Balaban J connectivity index is 0.000000414. The molecule has 2 aromatic carbocycles. The lowest BCUT2D eigenvalue weighted by atomic mass is 9.98. The Morgan fingerprint density at radius 1 is 1.14 bits per heavy atom. The molecular formula is C27H35ClN4O5.